The third-order valence-corrected chi connectivity index (χ3v) is 5.93. The van der Waals surface area contributed by atoms with Gasteiger partial charge in [-0.3, -0.25) is 9.69 Å². The number of thiazole rings is 1. The summed E-state index contributed by atoms with van der Waals surface area (Å²) in [6.45, 7) is 4.57. The van der Waals surface area contributed by atoms with Crippen LogP contribution in [0.3, 0.4) is 0 Å². The van der Waals surface area contributed by atoms with Crippen LogP contribution < -0.4 is 10.2 Å². The first-order valence-corrected chi connectivity index (χ1v) is 9.94. The molecule has 3 aromatic rings. The Morgan fingerprint density at radius 2 is 2.38 bits per heavy atom. The van der Waals surface area contributed by atoms with E-state index in [1.807, 2.05) is 19.1 Å². The van der Waals surface area contributed by atoms with Gasteiger partial charge in [-0.15, -0.1) is 0 Å². The quantitative estimate of drug-likeness (QED) is 0.713. The Bertz CT molecular complexity index is 916. The van der Waals surface area contributed by atoms with Crippen molar-refractivity contribution in [3.05, 3.63) is 46.9 Å². The molecule has 1 N–H and O–H groups in total. The highest BCUT2D eigenvalue weighted by molar-refractivity contribution is 7.22. The van der Waals surface area contributed by atoms with E-state index in [-0.39, 0.29) is 5.91 Å². The molecule has 1 atom stereocenters. The highest BCUT2D eigenvalue weighted by Crippen LogP contribution is 2.34. The van der Waals surface area contributed by atoms with Gasteiger partial charge in [0.05, 0.1) is 16.5 Å². The molecule has 7 heteroatoms. The average Bonchev–Trinajstić information content (AvgIpc) is 3.29. The van der Waals surface area contributed by atoms with E-state index >= 15 is 0 Å². The average molecular weight is 390 g/mol. The van der Waals surface area contributed by atoms with Crippen LogP contribution in [-0.2, 0) is 0 Å². The molecule has 1 amide bonds. The molecule has 0 aliphatic carbocycles. The van der Waals surface area contributed by atoms with Crippen molar-refractivity contribution in [2.45, 2.75) is 19.8 Å². The predicted molar refractivity (Wildman–Crippen MR) is 105 cm³/mol. The van der Waals surface area contributed by atoms with Crippen molar-refractivity contribution in [1.82, 2.24) is 10.3 Å². The summed E-state index contributed by atoms with van der Waals surface area (Å²) in [6, 6.07) is 7.24. The van der Waals surface area contributed by atoms with Crippen molar-refractivity contribution in [2.75, 3.05) is 24.5 Å². The van der Waals surface area contributed by atoms with Crippen LogP contribution >= 0.6 is 22.9 Å². The summed E-state index contributed by atoms with van der Waals surface area (Å²) < 4.78 is 6.34. The number of hydrogen-bond donors (Lipinski definition) is 1. The molecule has 1 unspecified atom stereocenters. The lowest BCUT2D eigenvalue weighted by Gasteiger charge is -2.28. The number of carbonyl (C=O) groups excluding carboxylic acids is 1. The predicted octanol–water partition coefficient (Wildman–Crippen LogP) is 4.50. The number of halogens is 1. The maximum absolute atomic E-state index is 13.1. The number of carbonyl (C=O) groups is 1. The number of furan rings is 1. The molecular weight excluding hydrogens is 370 g/mol. The second-order valence-electron chi connectivity index (χ2n) is 6.67. The number of benzene rings is 1. The van der Waals surface area contributed by atoms with Crippen molar-refractivity contribution >= 4 is 44.2 Å². The molecule has 1 aliphatic heterocycles. The Labute approximate surface area is 161 Å². The maximum atomic E-state index is 13.1. The van der Waals surface area contributed by atoms with Gasteiger partial charge in [0, 0.05) is 11.6 Å². The summed E-state index contributed by atoms with van der Waals surface area (Å²) in [5.41, 5.74) is 1.91. The third-order valence-electron chi connectivity index (χ3n) is 4.69. The van der Waals surface area contributed by atoms with E-state index in [4.69, 9.17) is 21.0 Å². The fourth-order valence-corrected chi connectivity index (χ4v) is 4.81. The van der Waals surface area contributed by atoms with E-state index in [0.29, 0.717) is 28.4 Å². The number of anilines is 1. The Hall–Kier alpha value is -1.89. The number of nitrogens with one attached hydrogen (secondary N) is 1. The molecule has 0 bridgehead atoms. The first kappa shape index (κ1) is 17.5. The molecule has 1 aliphatic rings. The minimum absolute atomic E-state index is 0.150. The number of fused-ring (bicyclic) bond motifs is 1. The SMILES string of the molecule is Cc1cc(Cl)cc2sc(N(CC3CCCNC3)C(=O)c3ccco3)nc12. The Morgan fingerprint density at radius 1 is 1.50 bits per heavy atom. The van der Waals surface area contributed by atoms with Crippen LogP contribution in [0.4, 0.5) is 5.13 Å². The number of nitrogens with zero attached hydrogens (tertiary/aromatic N) is 2. The van der Waals surface area contributed by atoms with Gasteiger partial charge < -0.3 is 9.73 Å². The normalized spacial score (nSPS) is 17.5. The monoisotopic (exact) mass is 389 g/mol. The fourth-order valence-electron chi connectivity index (χ4n) is 3.38. The summed E-state index contributed by atoms with van der Waals surface area (Å²) in [5, 5.41) is 4.79. The molecule has 5 nitrogen and oxygen atoms in total. The van der Waals surface area contributed by atoms with Crippen LogP contribution in [0.5, 0.6) is 0 Å². The van der Waals surface area contributed by atoms with Crippen LogP contribution in [0.15, 0.2) is 34.9 Å². The van der Waals surface area contributed by atoms with Gasteiger partial charge in [0.1, 0.15) is 0 Å². The van der Waals surface area contributed by atoms with Crippen molar-refractivity contribution in [3.8, 4) is 0 Å². The van der Waals surface area contributed by atoms with Crippen molar-refractivity contribution in [2.24, 2.45) is 5.92 Å². The molecule has 2 aromatic heterocycles. The minimum Gasteiger partial charge on any atom is -0.459 e. The fraction of sp³-hybridized carbons (Fsp3) is 0.368. The zero-order chi connectivity index (χ0) is 18.1. The number of piperidine rings is 1. The first-order chi connectivity index (χ1) is 12.6. The molecule has 1 fully saturated rings. The van der Waals surface area contributed by atoms with Crippen LogP contribution in [0.25, 0.3) is 10.2 Å². The van der Waals surface area contributed by atoms with Crippen molar-refractivity contribution < 1.29 is 9.21 Å². The van der Waals surface area contributed by atoms with Gasteiger partial charge in [-0.05, 0) is 68.6 Å². The van der Waals surface area contributed by atoms with Crippen LogP contribution in [0.2, 0.25) is 5.02 Å². The molecular formula is C19H20ClN3O2S. The highest BCUT2D eigenvalue weighted by Gasteiger charge is 2.27. The molecule has 1 aromatic carbocycles. The first-order valence-electron chi connectivity index (χ1n) is 8.74. The smallest absolute Gasteiger partial charge is 0.295 e. The maximum Gasteiger partial charge on any atom is 0.295 e. The molecule has 136 valence electrons. The second-order valence-corrected chi connectivity index (χ2v) is 8.12. The molecule has 0 saturated carbocycles. The van der Waals surface area contributed by atoms with E-state index in [1.165, 1.54) is 17.6 Å². The van der Waals surface area contributed by atoms with E-state index in [9.17, 15) is 4.79 Å². The zero-order valence-corrected chi connectivity index (χ0v) is 16.1. The van der Waals surface area contributed by atoms with E-state index in [0.717, 1.165) is 41.7 Å². The summed E-state index contributed by atoms with van der Waals surface area (Å²) in [7, 11) is 0. The highest BCUT2D eigenvalue weighted by atomic mass is 35.5. The number of aryl methyl sites for hydroxylation is 1. The largest absolute Gasteiger partial charge is 0.459 e. The van der Waals surface area contributed by atoms with Crippen LogP contribution in [0.1, 0.15) is 29.0 Å². The van der Waals surface area contributed by atoms with Gasteiger partial charge in [0.2, 0.25) is 0 Å². The standard InChI is InChI=1S/C19H20ClN3O2S/c1-12-8-14(20)9-16-17(12)22-19(26-16)23(11-13-4-2-6-21-10-13)18(24)15-5-3-7-25-15/h3,5,7-9,13,21H,2,4,6,10-11H2,1H3. The molecule has 0 spiro atoms. The topological polar surface area (TPSA) is 58.4 Å². The lowest BCUT2D eigenvalue weighted by atomic mass is 9.99. The number of hydrogen-bond acceptors (Lipinski definition) is 5. The molecule has 4 rings (SSSR count). The number of rotatable bonds is 4. The van der Waals surface area contributed by atoms with E-state index in [1.54, 1.807) is 17.0 Å². The van der Waals surface area contributed by atoms with Gasteiger partial charge in [0.15, 0.2) is 10.9 Å². The summed E-state index contributed by atoms with van der Waals surface area (Å²) >= 11 is 7.68. The van der Waals surface area contributed by atoms with Crippen LogP contribution in [0, 0.1) is 12.8 Å². The Balaban J connectivity index is 1.71. The third kappa shape index (κ3) is 3.49. The Morgan fingerprint density at radius 3 is 3.12 bits per heavy atom. The number of amides is 1. The molecule has 1 saturated heterocycles. The lowest BCUT2D eigenvalue weighted by Crippen LogP contribution is -2.41. The molecule has 26 heavy (non-hydrogen) atoms. The van der Waals surface area contributed by atoms with Gasteiger partial charge >= 0.3 is 0 Å². The van der Waals surface area contributed by atoms with Crippen LogP contribution in [-0.4, -0.2) is 30.5 Å². The molecule has 0 radical (unpaired) electrons. The Kier molecular flexibility index (Phi) is 4.98. The van der Waals surface area contributed by atoms with Gasteiger partial charge in [-0.2, -0.15) is 0 Å². The van der Waals surface area contributed by atoms with E-state index < -0.39 is 0 Å². The number of aromatic nitrogens is 1. The molecule has 3 heterocycles. The summed E-state index contributed by atoms with van der Waals surface area (Å²) in [6.07, 6.45) is 3.75. The van der Waals surface area contributed by atoms with Gasteiger partial charge in [-0.1, -0.05) is 22.9 Å². The summed E-state index contributed by atoms with van der Waals surface area (Å²) in [4.78, 5) is 19.6. The van der Waals surface area contributed by atoms with Gasteiger partial charge in [0.25, 0.3) is 5.91 Å². The second kappa shape index (κ2) is 7.39. The van der Waals surface area contributed by atoms with Crippen molar-refractivity contribution in [3.63, 3.8) is 0 Å². The van der Waals surface area contributed by atoms with Gasteiger partial charge in [-0.25, -0.2) is 4.98 Å². The summed E-state index contributed by atoms with van der Waals surface area (Å²) in [5.74, 6) is 0.588. The van der Waals surface area contributed by atoms with E-state index in [2.05, 4.69) is 5.32 Å². The minimum atomic E-state index is -0.150. The van der Waals surface area contributed by atoms with Crippen molar-refractivity contribution in [1.29, 1.82) is 0 Å². The lowest BCUT2D eigenvalue weighted by molar-refractivity contribution is 0.0954. The zero-order valence-electron chi connectivity index (χ0n) is 14.5.